The minimum Gasteiger partial charge on any atom is -0.393 e. The zero-order valence-electron chi connectivity index (χ0n) is 12.8. The van der Waals surface area contributed by atoms with Gasteiger partial charge in [0.05, 0.1) is 6.10 Å². The molecule has 21 heavy (non-hydrogen) atoms. The second-order valence-corrected chi connectivity index (χ2v) is 5.77. The van der Waals surface area contributed by atoms with Crippen LogP contribution in [0.2, 0.25) is 0 Å². The molecule has 1 aromatic heterocycles. The van der Waals surface area contributed by atoms with E-state index in [0.717, 1.165) is 31.5 Å². The molecule has 118 valence electrons. The molecule has 1 aliphatic heterocycles. The number of rotatable bonds is 5. The first kappa shape index (κ1) is 15.8. The Labute approximate surface area is 124 Å². The van der Waals surface area contributed by atoms with Gasteiger partial charge in [-0.15, -0.1) is 0 Å². The lowest BCUT2D eigenvalue weighted by Gasteiger charge is -2.17. The first-order valence-electron chi connectivity index (χ1n) is 7.57. The highest BCUT2D eigenvalue weighted by atomic mass is 16.3. The van der Waals surface area contributed by atoms with Gasteiger partial charge in [-0.1, -0.05) is 6.42 Å². The first-order chi connectivity index (χ1) is 9.99. The summed E-state index contributed by atoms with van der Waals surface area (Å²) in [6.45, 7) is 2.82. The number of aliphatic hydroxyl groups excluding tert-OH is 1. The van der Waals surface area contributed by atoms with Crippen molar-refractivity contribution in [1.82, 2.24) is 19.2 Å². The molecule has 1 aliphatic rings. The quantitative estimate of drug-likeness (QED) is 0.829. The fourth-order valence-electron chi connectivity index (χ4n) is 2.48. The predicted molar refractivity (Wildman–Crippen MR) is 78.0 cm³/mol. The Balaban J connectivity index is 2.03. The van der Waals surface area contributed by atoms with Crippen LogP contribution in [0.15, 0.2) is 4.79 Å². The maximum atomic E-state index is 12.2. The van der Waals surface area contributed by atoms with E-state index in [4.69, 9.17) is 0 Å². The molecule has 0 radical (unpaired) electrons. The van der Waals surface area contributed by atoms with Crippen LogP contribution in [0.3, 0.4) is 0 Å². The lowest BCUT2D eigenvalue weighted by molar-refractivity contribution is -0.131. The van der Waals surface area contributed by atoms with Crippen LogP contribution in [0.1, 0.15) is 38.4 Å². The van der Waals surface area contributed by atoms with Gasteiger partial charge in [0.15, 0.2) is 0 Å². The van der Waals surface area contributed by atoms with E-state index in [1.54, 1.807) is 18.5 Å². The van der Waals surface area contributed by atoms with E-state index in [-0.39, 0.29) is 18.1 Å². The van der Waals surface area contributed by atoms with Crippen LogP contribution >= 0.6 is 0 Å². The number of fused-ring (bicyclic) bond motifs is 1. The first-order valence-corrected chi connectivity index (χ1v) is 7.57. The van der Waals surface area contributed by atoms with Gasteiger partial charge in [0.1, 0.15) is 12.4 Å². The van der Waals surface area contributed by atoms with E-state index in [1.165, 1.54) is 9.58 Å². The van der Waals surface area contributed by atoms with Crippen LogP contribution in [0.4, 0.5) is 0 Å². The molecule has 0 aromatic carbocycles. The van der Waals surface area contributed by atoms with Gasteiger partial charge < -0.3 is 10.0 Å². The highest BCUT2D eigenvalue weighted by molar-refractivity contribution is 5.75. The lowest BCUT2D eigenvalue weighted by atomic mass is 10.2. The summed E-state index contributed by atoms with van der Waals surface area (Å²) in [7, 11) is 1.68. The van der Waals surface area contributed by atoms with E-state index in [2.05, 4.69) is 5.10 Å². The summed E-state index contributed by atoms with van der Waals surface area (Å²) in [4.78, 5) is 25.9. The Hall–Kier alpha value is -1.63. The largest absolute Gasteiger partial charge is 0.393 e. The van der Waals surface area contributed by atoms with Gasteiger partial charge in [0, 0.05) is 26.6 Å². The third-order valence-electron chi connectivity index (χ3n) is 3.87. The van der Waals surface area contributed by atoms with Gasteiger partial charge in [-0.2, -0.15) is 5.10 Å². The van der Waals surface area contributed by atoms with Crippen molar-refractivity contribution in [3.05, 3.63) is 16.3 Å². The maximum Gasteiger partial charge on any atom is 0.346 e. The zero-order valence-corrected chi connectivity index (χ0v) is 12.8. The monoisotopic (exact) mass is 296 g/mol. The van der Waals surface area contributed by atoms with Crippen LogP contribution in [-0.4, -0.2) is 50.0 Å². The molecule has 1 N–H and O–H groups in total. The molecule has 2 heterocycles. The third-order valence-corrected chi connectivity index (χ3v) is 3.87. The van der Waals surface area contributed by atoms with E-state index in [0.29, 0.717) is 19.5 Å². The van der Waals surface area contributed by atoms with Gasteiger partial charge in [-0.05, 0) is 26.2 Å². The van der Waals surface area contributed by atoms with Crippen molar-refractivity contribution >= 4 is 5.91 Å². The van der Waals surface area contributed by atoms with Gasteiger partial charge in [-0.3, -0.25) is 9.36 Å². The summed E-state index contributed by atoms with van der Waals surface area (Å²) in [5.41, 5.74) is -0.191. The number of amides is 1. The van der Waals surface area contributed by atoms with E-state index in [1.807, 2.05) is 0 Å². The molecule has 0 fully saturated rings. The molecule has 2 rings (SSSR count). The van der Waals surface area contributed by atoms with Crippen LogP contribution < -0.4 is 5.69 Å². The fraction of sp³-hybridized carbons (Fsp3) is 0.786. The number of carbonyl (C=O) groups excluding carboxylic acids is 1. The predicted octanol–water partition coefficient (Wildman–Crippen LogP) is 0.000500. The molecule has 0 saturated heterocycles. The number of aliphatic hydroxyl groups is 1. The molecule has 7 nitrogen and oxygen atoms in total. The van der Waals surface area contributed by atoms with Crippen molar-refractivity contribution in [1.29, 1.82) is 0 Å². The Morgan fingerprint density at radius 3 is 2.90 bits per heavy atom. The van der Waals surface area contributed by atoms with Crippen LogP contribution in [-0.2, 0) is 24.3 Å². The highest BCUT2D eigenvalue weighted by Crippen LogP contribution is 2.10. The summed E-state index contributed by atoms with van der Waals surface area (Å²) in [5, 5.41) is 13.5. The molecule has 7 heteroatoms. The summed E-state index contributed by atoms with van der Waals surface area (Å²) >= 11 is 0. The number of hydrogen-bond acceptors (Lipinski definition) is 4. The van der Waals surface area contributed by atoms with Crippen LogP contribution in [0, 0.1) is 0 Å². The van der Waals surface area contributed by atoms with E-state index >= 15 is 0 Å². The Kier molecular flexibility index (Phi) is 5.17. The minimum absolute atomic E-state index is 0.0326. The lowest BCUT2D eigenvalue weighted by Crippen LogP contribution is -2.36. The second kappa shape index (κ2) is 6.89. The molecule has 0 bridgehead atoms. The van der Waals surface area contributed by atoms with Crippen molar-refractivity contribution in [3.8, 4) is 0 Å². The van der Waals surface area contributed by atoms with Crippen LogP contribution in [0.5, 0.6) is 0 Å². The molecular weight excluding hydrogens is 272 g/mol. The number of likely N-dealkylation sites (N-methyl/N-ethyl adjacent to an activating group) is 1. The van der Waals surface area contributed by atoms with Crippen LogP contribution in [0.25, 0.3) is 0 Å². The molecule has 1 unspecified atom stereocenters. The molecule has 1 aromatic rings. The zero-order chi connectivity index (χ0) is 15.4. The fourth-order valence-corrected chi connectivity index (χ4v) is 2.48. The molecule has 1 atom stereocenters. The summed E-state index contributed by atoms with van der Waals surface area (Å²) < 4.78 is 2.96. The van der Waals surface area contributed by atoms with Crippen molar-refractivity contribution in [2.45, 2.75) is 58.2 Å². The number of aromatic nitrogens is 3. The molecule has 0 spiro atoms. The van der Waals surface area contributed by atoms with Crippen molar-refractivity contribution in [2.24, 2.45) is 0 Å². The van der Waals surface area contributed by atoms with Gasteiger partial charge >= 0.3 is 5.69 Å². The van der Waals surface area contributed by atoms with Gasteiger partial charge in [-0.25, -0.2) is 9.48 Å². The third kappa shape index (κ3) is 3.93. The Bertz CT molecular complexity index is 547. The SMILES string of the molecule is CC(O)CCN(C)C(=O)Cn1nc2n(c1=O)CCCCC2. The van der Waals surface area contributed by atoms with Crippen molar-refractivity contribution in [2.75, 3.05) is 13.6 Å². The van der Waals surface area contributed by atoms with Gasteiger partial charge in [0.2, 0.25) is 5.91 Å². The van der Waals surface area contributed by atoms with E-state index < -0.39 is 6.10 Å². The summed E-state index contributed by atoms with van der Waals surface area (Å²) in [6.07, 6.45) is 4.03. The molecular formula is C14H24N4O3. The average Bonchev–Trinajstić information content (AvgIpc) is 2.63. The second-order valence-electron chi connectivity index (χ2n) is 5.77. The van der Waals surface area contributed by atoms with Crippen molar-refractivity contribution in [3.63, 3.8) is 0 Å². The maximum absolute atomic E-state index is 12.2. The number of carbonyl (C=O) groups is 1. The molecule has 0 saturated carbocycles. The topological polar surface area (TPSA) is 80.4 Å². The van der Waals surface area contributed by atoms with Gasteiger partial charge in [0.25, 0.3) is 0 Å². The van der Waals surface area contributed by atoms with E-state index in [9.17, 15) is 14.7 Å². The molecule has 1 amide bonds. The number of hydrogen-bond donors (Lipinski definition) is 1. The Morgan fingerprint density at radius 1 is 1.43 bits per heavy atom. The standard InChI is InChI=1S/C14H24N4O3/c1-11(19)7-9-16(2)13(20)10-18-14(21)17-8-5-3-4-6-12(17)15-18/h11,19H,3-10H2,1-2H3. The number of nitrogens with zero attached hydrogens (tertiary/aromatic N) is 4. The minimum atomic E-state index is -0.438. The summed E-state index contributed by atoms with van der Waals surface area (Å²) in [6, 6.07) is 0. The highest BCUT2D eigenvalue weighted by Gasteiger charge is 2.18. The molecule has 0 aliphatic carbocycles. The average molecular weight is 296 g/mol. The normalized spacial score (nSPS) is 16.1. The smallest absolute Gasteiger partial charge is 0.346 e. The van der Waals surface area contributed by atoms with Crippen molar-refractivity contribution < 1.29 is 9.90 Å². The number of aryl methyl sites for hydroxylation is 1. The Morgan fingerprint density at radius 2 is 2.19 bits per heavy atom. The summed E-state index contributed by atoms with van der Waals surface area (Å²) in [5.74, 6) is 0.628.